The molecule has 152 valence electrons. The average molecular weight is 412 g/mol. The molecule has 28 heavy (non-hydrogen) atoms. The normalized spacial score (nSPS) is 15.8. The maximum Gasteiger partial charge on any atom is 0.416 e. The molecule has 1 aromatic heterocycles. The highest BCUT2D eigenvalue weighted by atomic mass is 32.2. The molecule has 9 heteroatoms. The molecule has 1 aliphatic rings. The molecule has 0 spiro atoms. The first-order chi connectivity index (χ1) is 13.3. The van der Waals surface area contributed by atoms with Gasteiger partial charge in [0.05, 0.1) is 5.56 Å². The van der Waals surface area contributed by atoms with E-state index in [1.165, 1.54) is 37.0 Å². The van der Waals surface area contributed by atoms with Crippen molar-refractivity contribution in [3.8, 4) is 0 Å². The number of anilines is 1. The Balaban J connectivity index is 1.45. The summed E-state index contributed by atoms with van der Waals surface area (Å²) in [4.78, 5) is 22.3. The maximum atomic E-state index is 13.1. The molecule has 0 unspecified atom stereocenters. The zero-order valence-corrected chi connectivity index (χ0v) is 16.4. The fourth-order valence-corrected chi connectivity index (χ4v) is 4.00. The van der Waals surface area contributed by atoms with Crippen LogP contribution in [0.1, 0.15) is 17.5 Å². The van der Waals surface area contributed by atoms with Crippen LogP contribution < -0.4 is 10.5 Å². The van der Waals surface area contributed by atoms with Gasteiger partial charge in [0.25, 0.3) is 5.56 Å². The summed E-state index contributed by atoms with van der Waals surface area (Å²) < 4.78 is 39.4. The second-order valence-electron chi connectivity index (χ2n) is 6.77. The van der Waals surface area contributed by atoms with Gasteiger partial charge < -0.3 is 9.88 Å². The van der Waals surface area contributed by atoms with Gasteiger partial charge in [0, 0.05) is 49.9 Å². The molecule has 0 amide bonds. The number of benzene rings is 1. The third-order valence-corrected chi connectivity index (χ3v) is 5.74. The van der Waals surface area contributed by atoms with Gasteiger partial charge in [0.1, 0.15) is 0 Å². The van der Waals surface area contributed by atoms with Gasteiger partial charge >= 0.3 is 6.18 Å². The van der Waals surface area contributed by atoms with E-state index in [0.717, 1.165) is 31.8 Å². The molecule has 1 aromatic carbocycles. The number of hydrogen-bond donors (Lipinski definition) is 1. The predicted molar refractivity (Wildman–Crippen MR) is 105 cm³/mol. The van der Waals surface area contributed by atoms with Gasteiger partial charge in [-0.3, -0.25) is 9.69 Å². The Kier molecular flexibility index (Phi) is 6.66. The third-order valence-electron chi connectivity index (χ3n) is 4.77. The number of hydrogen-bond acceptors (Lipinski definition) is 5. The second-order valence-corrected chi connectivity index (χ2v) is 7.85. The van der Waals surface area contributed by atoms with Crippen LogP contribution in [-0.2, 0) is 6.18 Å². The molecule has 1 aliphatic heterocycles. The van der Waals surface area contributed by atoms with Crippen molar-refractivity contribution in [1.29, 1.82) is 0 Å². The number of alkyl halides is 3. The summed E-state index contributed by atoms with van der Waals surface area (Å²) in [5.41, 5.74) is 0.171. The van der Waals surface area contributed by atoms with Gasteiger partial charge in [0.2, 0.25) is 0 Å². The summed E-state index contributed by atoms with van der Waals surface area (Å²) >= 11 is 1.52. The van der Waals surface area contributed by atoms with Gasteiger partial charge in [0.15, 0.2) is 5.16 Å². The van der Waals surface area contributed by atoms with Crippen LogP contribution in [0.2, 0.25) is 0 Å². The zero-order chi connectivity index (χ0) is 20.1. The molecule has 2 aromatic rings. The van der Waals surface area contributed by atoms with E-state index in [4.69, 9.17) is 0 Å². The van der Waals surface area contributed by atoms with Gasteiger partial charge in [-0.2, -0.15) is 13.2 Å². The first kappa shape index (κ1) is 20.7. The lowest BCUT2D eigenvalue weighted by Crippen LogP contribution is -2.46. The first-order valence-electron chi connectivity index (χ1n) is 9.16. The van der Waals surface area contributed by atoms with E-state index >= 15 is 0 Å². The minimum Gasteiger partial charge on any atom is -0.369 e. The van der Waals surface area contributed by atoms with E-state index in [9.17, 15) is 18.0 Å². The van der Waals surface area contributed by atoms with E-state index in [0.29, 0.717) is 23.9 Å². The van der Waals surface area contributed by atoms with E-state index in [-0.39, 0.29) is 11.1 Å². The van der Waals surface area contributed by atoms with E-state index in [1.807, 2.05) is 4.90 Å². The Labute approximate surface area is 166 Å². The number of aromatic nitrogens is 2. The minimum absolute atomic E-state index is 0.154. The summed E-state index contributed by atoms with van der Waals surface area (Å²) in [5.74, 6) is 0.847. The zero-order valence-electron chi connectivity index (χ0n) is 15.6. The highest BCUT2D eigenvalue weighted by Crippen LogP contribution is 2.34. The van der Waals surface area contributed by atoms with Gasteiger partial charge in [-0.15, -0.1) is 0 Å². The van der Waals surface area contributed by atoms with Crippen molar-refractivity contribution in [2.45, 2.75) is 24.7 Å². The van der Waals surface area contributed by atoms with Gasteiger partial charge in [-0.05, 0) is 37.6 Å². The molecular formula is C19H23F3N4OS. The van der Waals surface area contributed by atoms with E-state index < -0.39 is 11.7 Å². The number of H-pyrrole nitrogens is 1. The van der Waals surface area contributed by atoms with Crippen molar-refractivity contribution in [1.82, 2.24) is 14.9 Å². The Bertz CT molecular complexity index is 848. The van der Waals surface area contributed by atoms with Crippen LogP contribution in [0.4, 0.5) is 18.9 Å². The van der Waals surface area contributed by atoms with Crippen LogP contribution in [0, 0.1) is 6.92 Å². The lowest BCUT2D eigenvalue weighted by molar-refractivity contribution is -0.138. The molecule has 3 rings (SSSR count). The van der Waals surface area contributed by atoms with Crippen LogP contribution in [-0.4, -0.2) is 53.3 Å². The van der Waals surface area contributed by atoms with Crippen LogP contribution >= 0.6 is 11.8 Å². The Morgan fingerprint density at radius 1 is 1.18 bits per heavy atom. The molecular weight excluding hydrogens is 389 g/mol. The third kappa shape index (κ3) is 5.51. The monoisotopic (exact) mass is 412 g/mol. The number of nitrogens with zero attached hydrogens (tertiary/aromatic N) is 3. The summed E-state index contributed by atoms with van der Waals surface area (Å²) in [5, 5.41) is 0.622. The summed E-state index contributed by atoms with van der Waals surface area (Å²) in [6.07, 6.45) is -1.88. The standard InChI is InChI=1S/C19H23F3N4OS/c1-14-3-4-15(13-16(14)19(20,21)22)26-10-8-25(9-11-26)7-2-12-28-18-23-6-5-17(27)24-18/h3-6,13H,2,7-12H2,1H3,(H,23,24,27). The van der Waals surface area contributed by atoms with Crippen LogP contribution in [0.3, 0.4) is 0 Å². The highest BCUT2D eigenvalue weighted by Gasteiger charge is 2.33. The largest absolute Gasteiger partial charge is 0.416 e. The van der Waals surface area contributed by atoms with Crippen LogP contribution in [0.15, 0.2) is 40.4 Å². The fraction of sp³-hybridized carbons (Fsp3) is 0.474. The molecule has 1 fully saturated rings. The van der Waals surface area contributed by atoms with E-state index in [2.05, 4.69) is 14.9 Å². The van der Waals surface area contributed by atoms with Crippen molar-refractivity contribution in [2.75, 3.05) is 43.4 Å². The maximum absolute atomic E-state index is 13.1. The molecule has 2 heterocycles. The average Bonchev–Trinajstić information content (AvgIpc) is 2.65. The summed E-state index contributed by atoms with van der Waals surface area (Å²) in [7, 11) is 0. The number of piperazine rings is 1. The number of nitrogens with one attached hydrogen (secondary N) is 1. The van der Waals surface area contributed by atoms with Crippen molar-refractivity contribution in [3.63, 3.8) is 0 Å². The van der Waals surface area contributed by atoms with Crippen LogP contribution in [0.5, 0.6) is 0 Å². The number of rotatable bonds is 6. The predicted octanol–water partition coefficient (Wildman–Crippen LogP) is 3.40. The quantitative estimate of drug-likeness (QED) is 0.448. The molecule has 5 nitrogen and oxygen atoms in total. The topological polar surface area (TPSA) is 52.2 Å². The van der Waals surface area contributed by atoms with Crippen molar-refractivity contribution >= 4 is 17.4 Å². The number of thioether (sulfide) groups is 1. The van der Waals surface area contributed by atoms with Crippen LogP contribution in [0.25, 0.3) is 0 Å². The number of aromatic amines is 1. The van der Waals surface area contributed by atoms with Gasteiger partial charge in [-0.1, -0.05) is 17.8 Å². The SMILES string of the molecule is Cc1ccc(N2CCN(CCCSc3nccc(=O)[nH]3)CC2)cc1C(F)(F)F. The molecule has 0 radical (unpaired) electrons. The van der Waals surface area contributed by atoms with Crippen molar-refractivity contribution in [3.05, 3.63) is 51.9 Å². The Morgan fingerprint density at radius 3 is 2.61 bits per heavy atom. The van der Waals surface area contributed by atoms with Crippen molar-refractivity contribution in [2.24, 2.45) is 0 Å². The smallest absolute Gasteiger partial charge is 0.369 e. The Morgan fingerprint density at radius 2 is 1.93 bits per heavy atom. The summed E-state index contributed by atoms with van der Waals surface area (Å²) in [6, 6.07) is 5.96. The second kappa shape index (κ2) is 9.00. The molecule has 0 atom stereocenters. The lowest BCUT2D eigenvalue weighted by atomic mass is 10.1. The molecule has 0 bridgehead atoms. The highest BCUT2D eigenvalue weighted by molar-refractivity contribution is 7.99. The first-order valence-corrected chi connectivity index (χ1v) is 10.1. The summed E-state index contributed by atoms with van der Waals surface area (Å²) in [6.45, 7) is 5.46. The molecule has 1 N–H and O–H groups in total. The molecule has 0 saturated carbocycles. The van der Waals surface area contributed by atoms with E-state index in [1.54, 1.807) is 12.1 Å². The fourth-order valence-electron chi connectivity index (χ4n) is 3.22. The van der Waals surface area contributed by atoms with Gasteiger partial charge in [-0.25, -0.2) is 4.98 Å². The number of aryl methyl sites for hydroxylation is 1. The lowest BCUT2D eigenvalue weighted by Gasteiger charge is -2.36. The minimum atomic E-state index is -4.32. The molecule has 1 saturated heterocycles. The number of halogens is 3. The Hall–Kier alpha value is -2.00. The van der Waals surface area contributed by atoms with Crippen molar-refractivity contribution < 1.29 is 13.2 Å². The molecule has 0 aliphatic carbocycles.